The number of ether oxygens (including phenoxy) is 2. The zero-order valence-electron chi connectivity index (χ0n) is 20.0. The fourth-order valence-corrected chi connectivity index (χ4v) is 4.42. The molecule has 0 bridgehead atoms. The van der Waals surface area contributed by atoms with Crippen LogP contribution in [0.1, 0.15) is 11.1 Å². The summed E-state index contributed by atoms with van der Waals surface area (Å²) in [5.74, 6) is 0.398. The molecule has 1 aromatic heterocycles. The maximum Gasteiger partial charge on any atom is 0.534 e. The quantitative estimate of drug-likeness (QED) is 0.238. The lowest BCUT2D eigenvalue weighted by Gasteiger charge is -2.17. The van der Waals surface area contributed by atoms with Gasteiger partial charge in [0.15, 0.2) is 0 Å². The molecule has 4 aromatic rings. The number of aromatic nitrogens is 1. The summed E-state index contributed by atoms with van der Waals surface area (Å²) < 4.78 is 78.1. The normalized spacial score (nSPS) is 11.9. The summed E-state index contributed by atoms with van der Waals surface area (Å²) >= 11 is 0. The fraction of sp³-hybridized carbons (Fsp3) is 0.192. The molecule has 0 saturated heterocycles. The lowest BCUT2D eigenvalue weighted by molar-refractivity contribution is -0.0500. The highest BCUT2D eigenvalue weighted by Crippen LogP contribution is 2.34. The summed E-state index contributed by atoms with van der Waals surface area (Å²) in [6, 6.07) is 16.0. The number of rotatable bonds is 7. The number of methoxy groups -OCH3 is 2. The van der Waals surface area contributed by atoms with Crippen molar-refractivity contribution in [1.82, 2.24) is 4.57 Å². The van der Waals surface area contributed by atoms with Crippen molar-refractivity contribution in [1.29, 1.82) is 0 Å². The maximum atomic E-state index is 13.5. The van der Waals surface area contributed by atoms with Crippen LogP contribution < -0.4 is 19.2 Å². The molecule has 0 aliphatic heterocycles. The Morgan fingerprint density at radius 1 is 0.865 bits per heavy atom. The number of halogens is 3. The number of aryl methyl sites for hydroxylation is 1. The lowest BCUT2D eigenvalue weighted by atomic mass is 9.97. The third kappa shape index (κ3) is 5.12. The molecule has 0 atom stereocenters. The second-order valence-corrected chi connectivity index (χ2v) is 9.70. The monoisotopic (exact) mass is 533 g/mol. The van der Waals surface area contributed by atoms with E-state index in [0.29, 0.717) is 28.0 Å². The van der Waals surface area contributed by atoms with Gasteiger partial charge in [-0.1, -0.05) is 24.3 Å². The molecule has 4 rings (SSSR count). The molecule has 194 valence electrons. The highest BCUT2D eigenvalue weighted by atomic mass is 32.2. The van der Waals surface area contributed by atoms with Crippen LogP contribution in [0.5, 0.6) is 17.2 Å². The van der Waals surface area contributed by atoms with Gasteiger partial charge in [-0.2, -0.15) is 21.6 Å². The lowest BCUT2D eigenvalue weighted by Crippen LogP contribution is -2.28. The van der Waals surface area contributed by atoms with E-state index >= 15 is 0 Å². The molecule has 3 aromatic carbocycles. The van der Waals surface area contributed by atoms with Crippen molar-refractivity contribution in [2.75, 3.05) is 14.2 Å². The van der Waals surface area contributed by atoms with E-state index < -0.39 is 26.9 Å². The molecule has 0 radical (unpaired) electrons. The smallest absolute Gasteiger partial charge is 0.497 e. The van der Waals surface area contributed by atoms with Crippen LogP contribution in [-0.4, -0.2) is 32.7 Å². The molecule has 11 heteroatoms. The van der Waals surface area contributed by atoms with Gasteiger partial charge in [0.25, 0.3) is 5.56 Å². The summed E-state index contributed by atoms with van der Waals surface area (Å²) in [5, 5.41) is 0.414. The molecule has 7 nitrogen and oxygen atoms in total. The van der Waals surface area contributed by atoms with Crippen molar-refractivity contribution < 1.29 is 35.2 Å². The summed E-state index contributed by atoms with van der Waals surface area (Å²) in [5.41, 5.74) is -3.20. The largest absolute Gasteiger partial charge is 0.534 e. The topological polar surface area (TPSA) is 83.8 Å². The van der Waals surface area contributed by atoms with E-state index in [4.69, 9.17) is 9.47 Å². The van der Waals surface area contributed by atoms with Gasteiger partial charge in [0.2, 0.25) is 0 Å². The van der Waals surface area contributed by atoms with Gasteiger partial charge < -0.3 is 18.2 Å². The molecule has 0 N–H and O–H groups in total. The number of fused-ring (bicyclic) bond motifs is 1. The van der Waals surface area contributed by atoms with Gasteiger partial charge in [-0.15, -0.1) is 0 Å². The Bertz CT molecular complexity index is 1640. The average Bonchev–Trinajstić information content (AvgIpc) is 2.85. The van der Waals surface area contributed by atoms with E-state index in [0.717, 1.165) is 23.3 Å². The number of hydrogen-bond acceptors (Lipinski definition) is 6. The molecule has 0 aliphatic carbocycles. The zero-order chi connectivity index (χ0) is 27.0. The Balaban J connectivity index is 1.94. The second-order valence-electron chi connectivity index (χ2n) is 8.16. The predicted octanol–water partition coefficient (Wildman–Crippen LogP) is 5.27. The van der Waals surface area contributed by atoms with Gasteiger partial charge in [-0.25, -0.2) is 0 Å². The minimum Gasteiger partial charge on any atom is -0.497 e. The Kier molecular flexibility index (Phi) is 6.92. The van der Waals surface area contributed by atoms with Gasteiger partial charge in [0, 0.05) is 23.4 Å². The van der Waals surface area contributed by atoms with Crippen LogP contribution in [0, 0.1) is 6.92 Å². The third-order valence-electron chi connectivity index (χ3n) is 5.82. The molecule has 0 amide bonds. The van der Waals surface area contributed by atoms with Crippen molar-refractivity contribution in [2.24, 2.45) is 0 Å². The molecule has 0 spiro atoms. The summed E-state index contributed by atoms with van der Waals surface area (Å²) in [6.07, 6.45) is 1.66. The van der Waals surface area contributed by atoms with Crippen LogP contribution in [-0.2, 0) is 16.7 Å². The zero-order valence-corrected chi connectivity index (χ0v) is 20.8. The van der Waals surface area contributed by atoms with Gasteiger partial charge >= 0.3 is 15.6 Å². The molecular formula is C26H22F3NO6S. The van der Waals surface area contributed by atoms with Gasteiger partial charge in [0.05, 0.1) is 26.2 Å². The van der Waals surface area contributed by atoms with Crippen LogP contribution >= 0.6 is 0 Å². The highest BCUT2D eigenvalue weighted by Gasteiger charge is 2.48. The van der Waals surface area contributed by atoms with Crippen LogP contribution in [0.4, 0.5) is 13.2 Å². The highest BCUT2D eigenvalue weighted by molar-refractivity contribution is 7.88. The first kappa shape index (κ1) is 26.1. The average molecular weight is 534 g/mol. The Labute approximate surface area is 210 Å². The van der Waals surface area contributed by atoms with E-state index in [2.05, 4.69) is 4.18 Å². The van der Waals surface area contributed by atoms with Crippen molar-refractivity contribution in [2.45, 2.75) is 19.0 Å². The SMILES string of the molecule is COc1ccc(Cn2cc(-c3ccccc3C)c3ccc(OS(=O)(=O)C(F)(F)F)cc3c2=O)c(OC)c1. The predicted molar refractivity (Wildman–Crippen MR) is 133 cm³/mol. The number of nitrogens with zero attached hydrogens (tertiary/aromatic N) is 1. The fourth-order valence-electron chi connectivity index (χ4n) is 3.97. The van der Waals surface area contributed by atoms with E-state index in [1.54, 1.807) is 24.4 Å². The van der Waals surface area contributed by atoms with Crippen molar-refractivity contribution >= 4 is 20.9 Å². The summed E-state index contributed by atoms with van der Waals surface area (Å²) in [6.45, 7) is 1.95. The molecule has 1 heterocycles. The van der Waals surface area contributed by atoms with E-state index in [1.807, 2.05) is 31.2 Å². The summed E-state index contributed by atoms with van der Waals surface area (Å²) in [4.78, 5) is 13.5. The maximum absolute atomic E-state index is 13.5. The molecule has 37 heavy (non-hydrogen) atoms. The van der Waals surface area contributed by atoms with Gasteiger partial charge in [0.1, 0.15) is 17.2 Å². The van der Waals surface area contributed by atoms with Crippen LogP contribution in [0.15, 0.2) is 71.7 Å². The van der Waals surface area contributed by atoms with E-state index in [9.17, 15) is 26.4 Å². The standard InChI is InChI=1S/C26H22F3NO6S/c1-16-6-4-5-7-20(16)23-15-30(14-17-8-9-18(34-2)13-24(17)35-3)25(31)22-12-19(10-11-21(22)23)36-37(32,33)26(27,28)29/h4-13,15H,14H2,1-3H3. The van der Waals surface area contributed by atoms with Crippen LogP contribution in [0.3, 0.4) is 0 Å². The molecule has 0 fully saturated rings. The van der Waals surface area contributed by atoms with E-state index in [1.165, 1.54) is 24.9 Å². The van der Waals surface area contributed by atoms with Crippen molar-refractivity contribution in [3.8, 4) is 28.4 Å². The molecule has 0 aliphatic rings. The molecule has 0 unspecified atom stereocenters. The summed E-state index contributed by atoms with van der Waals surface area (Å²) in [7, 11) is -2.93. The van der Waals surface area contributed by atoms with E-state index in [-0.39, 0.29) is 11.9 Å². The Morgan fingerprint density at radius 2 is 1.57 bits per heavy atom. The van der Waals surface area contributed by atoms with Gasteiger partial charge in [-0.3, -0.25) is 4.79 Å². The minimum atomic E-state index is -5.91. The number of pyridine rings is 1. The second kappa shape index (κ2) is 9.81. The first-order chi connectivity index (χ1) is 17.4. The first-order valence-electron chi connectivity index (χ1n) is 10.9. The molecule has 0 saturated carbocycles. The number of alkyl halides is 3. The third-order valence-corrected chi connectivity index (χ3v) is 6.80. The van der Waals surface area contributed by atoms with Gasteiger partial charge in [-0.05, 0) is 53.8 Å². The minimum absolute atomic E-state index is 0.0110. The van der Waals surface area contributed by atoms with Crippen LogP contribution in [0.2, 0.25) is 0 Å². The van der Waals surface area contributed by atoms with Crippen LogP contribution in [0.25, 0.3) is 21.9 Å². The Hall–Kier alpha value is -3.99. The molecular weight excluding hydrogens is 511 g/mol. The van der Waals surface area contributed by atoms with Crippen molar-refractivity contribution in [3.63, 3.8) is 0 Å². The van der Waals surface area contributed by atoms with Crippen molar-refractivity contribution in [3.05, 3.63) is 88.3 Å². The first-order valence-corrected chi connectivity index (χ1v) is 12.3. The Morgan fingerprint density at radius 3 is 2.22 bits per heavy atom. The number of hydrogen-bond donors (Lipinski definition) is 0. The number of benzene rings is 3.